The van der Waals surface area contributed by atoms with Crippen molar-refractivity contribution in [2.45, 2.75) is 19.8 Å². The molecule has 20 heavy (non-hydrogen) atoms. The number of amides is 2. The number of nitrogens with zero attached hydrogens (tertiary/aromatic N) is 1. The van der Waals surface area contributed by atoms with Gasteiger partial charge in [0.1, 0.15) is 0 Å². The molecule has 1 aromatic rings. The Bertz CT molecular complexity index is 534. The van der Waals surface area contributed by atoms with Crippen LogP contribution in [-0.4, -0.2) is 34.0 Å². The van der Waals surface area contributed by atoms with Gasteiger partial charge in [-0.2, -0.15) is 0 Å². The molecule has 0 bridgehead atoms. The van der Waals surface area contributed by atoms with Gasteiger partial charge in [0.15, 0.2) is 5.78 Å². The van der Waals surface area contributed by atoms with E-state index in [0.29, 0.717) is 4.90 Å². The number of carboxylic acids is 1. The van der Waals surface area contributed by atoms with Crippen molar-refractivity contribution in [2.24, 2.45) is 0 Å². The van der Waals surface area contributed by atoms with Gasteiger partial charge in [-0.05, 0) is 24.3 Å². The molecule has 0 aliphatic carbocycles. The summed E-state index contributed by atoms with van der Waals surface area (Å²) in [4.78, 5) is 44.7. The van der Waals surface area contributed by atoms with Crippen molar-refractivity contribution < 1.29 is 29.4 Å². The number of benzene rings is 1. The zero-order valence-corrected chi connectivity index (χ0v) is 10.7. The third kappa shape index (κ3) is 3.91. The van der Waals surface area contributed by atoms with Gasteiger partial charge in [0, 0.05) is 18.9 Å². The van der Waals surface area contributed by atoms with Crippen molar-refractivity contribution in [3.63, 3.8) is 0 Å². The van der Waals surface area contributed by atoms with Crippen LogP contribution in [0, 0.1) is 0 Å². The maximum Gasteiger partial charge on any atom is 0.418 e. The van der Waals surface area contributed by atoms with Gasteiger partial charge in [-0.1, -0.05) is 0 Å². The third-order valence-corrected chi connectivity index (χ3v) is 2.52. The number of carboxylic acid groups (broad SMARTS) is 2. The monoisotopic (exact) mass is 279 g/mol. The predicted octanol–water partition coefficient (Wildman–Crippen LogP) is 1.77. The molecule has 0 aliphatic rings. The van der Waals surface area contributed by atoms with E-state index in [4.69, 9.17) is 10.2 Å². The molecule has 2 N–H and O–H groups in total. The average molecular weight is 279 g/mol. The van der Waals surface area contributed by atoms with Crippen molar-refractivity contribution in [1.29, 1.82) is 0 Å². The maximum atomic E-state index is 11.6. The first-order valence-electron chi connectivity index (χ1n) is 5.71. The van der Waals surface area contributed by atoms with E-state index in [1.54, 1.807) is 0 Å². The van der Waals surface area contributed by atoms with Crippen molar-refractivity contribution in [2.75, 3.05) is 4.90 Å². The molecule has 1 rings (SSSR count). The van der Waals surface area contributed by atoms with E-state index in [1.807, 2.05) is 0 Å². The summed E-state index contributed by atoms with van der Waals surface area (Å²) < 4.78 is 0. The van der Waals surface area contributed by atoms with Gasteiger partial charge >= 0.3 is 12.1 Å². The molecule has 106 valence electrons. The molecule has 0 aromatic heterocycles. The van der Waals surface area contributed by atoms with E-state index in [1.165, 1.54) is 24.3 Å². The van der Waals surface area contributed by atoms with E-state index < -0.39 is 18.0 Å². The standard InChI is InChI=1S/C13H13NO6/c1-8(15)14(13(19)20)10-4-2-9(3-5-10)11(16)6-7-12(17)18/h2-5H,6-7H2,1H3,(H,17,18)(H,19,20). The lowest BCUT2D eigenvalue weighted by atomic mass is 10.1. The Morgan fingerprint density at radius 1 is 1.00 bits per heavy atom. The lowest BCUT2D eigenvalue weighted by Gasteiger charge is -2.15. The molecule has 0 saturated carbocycles. The molecule has 0 radical (unpaired) electrons. The number of rotatable bonds is 5. The topological polar surface area (TPSA) is 112 Å². The third-order valence-electron chi connectivity index (χ3n) is 2.52. The van der Waals surface area contributed by atoms with Crippen molar-refractivity contribution in [3.8, 4) is 0 Å². The second kappa shape index (κ2) is 6.46. The van der Waals surface area contributed by atoms with Crippen LogP contribution < -0.4 is 4.90 Å². The molecule has 0 spiro atoms. The summed E-state index contributed by atoms with van der Waals surface area (Å²) in [7, 11) is 0. The summed E-state index contributed by atoms with van der Waals surface area (Å²) in [6.07, 6.45) is -1.82. The smallest absolute Gasteiger partial charge is 0.418 e. The molecule has 0 atom stereocenters. The van der Waals surface area contributed by atoms with Gasteiger partial charge in [-0.15, -0.1) is 0 Å². The normalized spacial score (nSPS) is 9.85. The Morgan fingerprint density at radius 2 is 1.55 bits per heavy atom. The Balaban J connectivity index is 2.87. The van der Waals surface area contributed by atoms with E-state index in [2.05, 4.69) is 0 Å². The lowest BCUT2D eigenvalue weighted by molar-refractivity contribution is -0.137. The van der Waals surface area contributed by atoms with Gasteiger partial charge in [-0.3, -0.25) is 14.4 Å². The fraction of sp³-hybridized carbons (Fsp3) is 0.231. The summed E-state index contributed by atoms with van der Waals surface area (Å²) in [6, 6.07) is 5.36. The number of imide groups is 1. The molecule has 0 saturated heterocycles. The van der Waals surface area contributed by atoms with Gasteiger partial charge in [0.2, 0.25) is 5.91 Å². The van der Waals surface area contributed by atoms with Crippen LogP contribution in [-0.2, 0) is 9.59 Å². The maximum absolute atomic E-state index is 11.6. The van der Waals surface area contributed by atoms with Crippen LogP contribution in [0.3, 0.4) is 0 Å². The van der Waals surface area contributed by atoms with Crippen LogP contribution >= 0.6 is 0 Å². The Morgan fingerprint density at radius 3 is 1.95 bits per heavy atom. The van der Waals surface area contributed by atoms with E-state index in [0.717, 1.165) is 6.92 Å². The van der Waals surface area contributed by atoms with Crippen LogP contribution in [0.2, 0.25) is 0 Å². The first-order chi connectivity index (χ1) is 9.32. The second-order valence-corrected chi connectivity index (χ2v) is 4.00. The molecule has 7 heteroatoms. The average Bonchev–Trinajstić information content (AvgIpc) is 2.36. The number of aliphatic carboxylic acids is 1. The number of Topliss-reactive ketones (excluding diaryl/α,β-unsaturated/α-hetero) is 1. The van der Waals surface area contributed by atoms with E-state index in [9.17, 15) is 19.2 Å². The summed E-state index contributed by atoms with van der Waals surface area (Å²) in [6.45, 7) is 1.11. The predicted molar refractivity (Wildman–Crippen MR) is 68.8 cm³/mol. The molecule has 7 nitrogen and oxygen atoms in total. The van der Waals surface area contributed by atoms with Gasteiger partial charge in [-0.25, -0.2) is 9.69 Å². The molecular weight excluding hydrogens is 266 g/mol. The minimum atomic E-state index is -1.41. The number of hydrogen-bond donors (Lipinski definition) is 2. The van der Waals surface area contributed by atoms with Crippen LogP contribution in [0.25, 0.3) is 0 Å². The second-order valence-electron chi connectivity index (χ2n) is 4.00. The summed E-state index contributed by atoms with van der Waals surface area (Å²) in [5.74, 6) is -2.09. The first kappa shape index (κ1) is 15.4. The Hall–Kier alpha value is -2.70. The highest BCUT2D eigenvalue weighted by molar-refractivity contribution is 6.10. The molecule has 1 aromatic carbocycles. The van der Waals surface area contributed by atoms with Crippen LogP contribution in [0.1, 0.15) is 30.1 Å². The highest BCUT2D eigenvalue weighted by Crippen LogP contribution is 2.17. The van der Waals surface area contributed by atoms with E-state index >= 15 is 0 Å². The Labute approximate surface area is 114 Å². The van der Waals surface area contributed by atoms with Crippen molar-refractivity contribution in [1.82, 2.24) is 0 Å². The van der Waals surface area contributed by atoms with Crippen molar-refractivity contribution >= 4 is 29.4 Å². The number of carbonyl (C=O) groups excluding carboxylic acids is 2. The van der Waals surface area contributed by atoms with Crippen LogP contribution in [0.5, 0.6) is 0 Å². The van der Waals surface area contributed by atoms with Crippen molar-refractivity contribution in [3.05, 3.63) is 29.8 Å². The highest BCUT2D eigenvalue weighted by Gasteiger charge is 2.19. The minimum Gasteiger partial charge on any atom is -0.481 e. The largest absolute Gasteiger partial charge is 0.481 e. The first-order valence-corrected chi connectivity index (χ1v) is 5.71. The molecule has 2 amide bonds. The zero-order chi connectivity index (χ0) is 15.3. The molecular formula is C13H13NO6. The number of ketones is 1. The minimum absolute atomic E-state index is 0.125. The zero-order valence-electron chi connectivity index (χ0n) is 10.7. The fourth-order valence-corrected chi connectivity index (χ4v) is 1.59. The van der Waals surface area contributed by atoms with Gasteiger partial charge in [0.25, 0.3) is 0 Å². The Kier molecular flexibility index (Phi) is 4.96. The SMILES string of the molecule is CC(=O)N(C(=O)O)c1ccc(C(=O)CCC(=O)O)cc1. The van der Waals surface area contributed by atoms with Gasteiger partial charge < -0.3 is 10.2 Å². The molecule has 0 heterocycles. The van der Waals surface area contributed by atoms with Gasteiger partial charge in [0.05, 0.1) is 12.1 Å². The molecule has 0 aliphatic heterocycles. The molecule has 0 unspecified atom stereocenters. The summed E-state index contributed by atoms with van der Waals surface area (Å²) >= 11 is 0. The number of carbonyl (C=O) groups is 4. The molecule has 0 fully saturated rings. The van der Waals surface area contributed by atoms with E-state index in [-0.39, 0.29) is 29.9 Å². The fourth-order valence-electron chi connectivity index (χ4n) is 1.59. The van der Waals surface area contributed by atoms with Crippen LogP contribution in [0.4, 0.5) is 10.5 Å². The summed E-state index contributed by atoms with van der Waals surface area (Å²) in [5.41, 5.74) is 0.392. The number of hydrogen-bond acceptors (Lipinski definition) is 4. The highest BCUT2D eigenvalue weighted by atomic mass is 16.4. The quantitative estimate of drug-likeness (QED) is 0.794. The summed E-state index contributed by atoms with van der Waals surface area (Å²) in [5, 5.41) is 17.4. The van der Waals surface area contributed by atoms with Crippen LogP contribution in [0.15, 0.2) is 24.3 Å². The lowest BCUT2D eigenvalue weighted by Crippen LogP contribution is -2.33. The number of anilines is 1.